The van der Waals surface area contributed by atoms with Gasteiger partial charge in [0.05, 0.1) is 41.1 Å². The van der Waals surface area contributed by atoms with Gasteiger partial charge in [0.25, 0.3) is 30.4 Å². The lowest BCUT2D eigenvalue weighted by Crippen LogP contribution is -2.58. The molecule has 0 heterocycles. The molecule has 6 aromatic carbocycles. The largest absolute Gasteiger partial charge is 0.459 e. The third-order valence-corrected chi connectivity index (χ3v) is 27.1. The van der Waals surface area contributed by atoms with Gasteiger partial charge in [0.15, 0.2) is 28.2 Å². The molecule has 0 aliphatic heterocycles. The van der Waals surface area contributed by atoms with Crippen molar-refractivity contribution in [2.45, 2.75) is 220 Å². The molecule has 24 nitrogen and oxygen atoms in total. The van der Waals surface area contributed by atoms with Crippen molar-refractivity contribution in [2.75, 3.05) is 26.4 Å². The highest BCUT2D eigenvalue weighted by molar-refractivity contribution is 7.87. The highest BCUT2D eigenvalue weighted by Gasteiger charge is 2.60. The molecule has 4 fully saturated rings. The third-order valence-electron chi connectivity index (χ3n) is 22.0. The van der Waals surface area contributed by atoms with Gasteiger partial charge in [-0.3, -0.25) is 55.1 Å². The van der Waals surface area contributed by atoms with Crippen LogP contribution >= 0.6 is 0 Å². The molecular formula is C86H105F5O24S4. The number of carbonyl (C=O) groups excluding carboxylic acids is 8. The Labute approximate surface area is 693 Å². The first-order chi connectivity index (χ1) is 54.6. The van der Waals surface area contributed by atoms with Gasteiger partial charge in [0.1, 0.15) is 68.2 Å². The van der Waals surface area contributed by atoms with E-state index in [1.165, 1.54) is 104 Å². The van der Waals surface area contributed by atoms with E-state index in [-0.39, 0.29) is 20.1 Å². The van der Waals surface area contributed by atoms with E-state index in [1.807, 2.05) is 72.7 Å². The van der Waals surface area contributed by atoms with Gasteiger partial charge in [0, 0.05) is 5.41 Å². The molecule has 6 atom stereocenters. The van der Waals surface area contributed by atoms with Crippen LogP contribution in [-0.2, 0) is 115 Å². The van der Waals surface area contributed by atoms with Gasteiger partial charge in [-0.25, -0.2) is 22.0 Å². The van der Waals surface area contributed by atoms with Crippen LogP contribution in [0.5, 0.6) is 0 Å². The topological polar surface area (TPSA) is 347 Å². The first-order valence-electron chi connectivity index (χ1n) is 38.0. The van der Waals surface area contributed by atoms with Crippen molar-refractivity contribution < 1.29 is 130 Å². The highest BCUT2D eigenvalue weighted by atomic mass is 32.2. The first kappa shape index (κ1) is 99.0. The van der Waals surface area contributed by atoms with Crippen LogP contribution in [0.3, 0.4) is 0 Å². The number of ether oxygens (including phenoxy) is 4. The quantitative estimate of drug-likeness (QED) is 0.00769. The molecule has 33 heteroatoms. The average Bonchev–Trinajstić information content (AvgIpc) is 0.720. The Morgan fingerprint density at radius 2 is 0.580 bits per heavy atom. The predicted octanol–water partition coefficient (Wildman–Crippen LogP) is 15.7. The maximum absolute atomic E-state index is 13.9. The van der Waals surface area contributed by atoms with Crippen molar-refractivity contribution in [3.63, 3.8) is 0 Å². The second kappa shape index (κ2) is 38.5. The predicted molar refractivity (Wildman–Crippen MR) is 425 cm³/mol. The van der Waals surface area contributed by atoms with Crippen LogP contribution < -0.4 is 0 Å². The Kier molecular flexibility index (Phi) is 32.0. The van der Waals surface area contributed by atoms with E-state index in [0.29, 0.717) is 23.3 Å². The number of Topliss-reactive ketones (excluding diaryl/α,β-unsaturated/α-hetero) is 4. The summed E-state index contributed by atoms with van der Waals surface area (Å²) in [4.78, 5) is 97.5. The number of esters is 4. The summed E-state index contributed by atoms with van der Waals surface area (Å²) in [5.74, 6) is -16.9. The van der Waals surface area contributed by atoms with Gasteiger partial charge >= 0.3 is 34.0 Å². The number of hydrogen-bond acceptors (Lipinski definition) is 24. The lowest BCUT2D eigenvalue weighted by molar-refractivity contribution is -0.207. The Morgan fingerprint density at radius 1 is 0.353 bits per heavy atom. The monoisotopic (exact) mass is 1740 g/mol. The summed E-state index contributed by atoms with van der Waals surface area (Å²) in [7, 11) is -17.9. The number of aryl methyl sites for hydroxylation is 5. The van der Waals surface area contributed by atoms with Crippen molar-refractivity contribution in [3.05, 3.63) is 189 Å². The maximum Gasteiger partial charge on any atom is 0.322 e. The normalized spacial score (nSPS) is 19.1. The van der Waals surface area contributed by atoms with Crippen molar-refractivity contribution >= 4 is 87.5 Å². The summed E-state index contributed by atoms with van der Waals surface area (Å²) in [6.45, 7) is 27.8. The minimum absolute atomic E-state index is 0.0127. The zero-order valence-corrected chi connectivity index (χ0v) is 73.6. The second-order valence-electron chi connectivity index (χ2n) is 33.3. The van der Waals surface area contributed by atoms with Crippen LogP contribution in [0.4, 0.5) is 22.0 Å². The Hall–Kier alpha value is -8.83. The standard InChI is InChI=1S/C26H36O6S.C22H26O6S.C21H19F5O6S.C17H24O6S/c1-17-6-8-22(9-7-17)33(29,30)31-16-25(5,18(2)27)23(28)32-24(3,4)26-13-19-10-20(14-26)12-21(11-19)15-26;1-15-6-10-19(11-7-15)17(3)28-21(24)22(5,18(4)23)14-27-29(25,26)20-12-8-16(2)9-13-20;1-10-5-7-13(8-6-10)11(2)32-20(28)21(4,12(3)27)9-31-33(29,30)19-17(25)15(23)14(22)16(24)18(19)26;1-12-7-9-14(10-8-12)24(20,21)22-11-17(6,13(2)18)15(19)23-16(3,4)5/h6-9,19-21H,10-16H2,1-5H3;6-13,17H,14H2,1-5H3;5-8,11H,9H2,1-4H3;7-10H,11H2,1-6H3. The maximum atomic E-state index is 13.9. The molecule has 4 saturated carbocycles. The van der Waals surface area contributed by atoms with Crippen LogP contribution in [0.15, 0.2) is 141 Å². The number of hydrogen-bond donors (Lipinski definition) is 0. The molecule has 119 heavy (non-hydrogen) atoms. The molecule has 0 amide bonds. The summed E-state index contributed by atoms with van der Waals surface area (Å²) >= 11 is 0. The molecule has 4 aliphatic carbocycles. The lowest BCUT2D eigenvalue weighted by atomic mass is 9.46. The molecule has 0 saturated heterocycles. The zero-order chi connectivity index (χ0) is 90.1. The fourth-order valence-electron chi connectivity index (χ4n) is 13.3. The lowest BCUT2D eigenvalue weighted by Gasteiger charge is -2.61. The van der Waals surface area contributed by atoms with E-state index in [0.717, 1.165) is 66.5 Å². The van der Waals surface area contributed by atoms with Crippen LogP contribution in [0.1, 0.15) is 194 Å². The van der Waals surface area contributed by atoms with Crippen LogP contribution in [0.25, 0.3) is 0 Å². The summed E-state index contributed by atoms with van der Waals surface area (Å²) < 4.78 is 208. The molecule has 0 N–H and O–H groups in total. The molecule has 10 rings (SSSR count). The Morgan fingerprint density at radius 3 is 0.832 bits per heavy atom. The summed E-state index contributed by atoms with van der Waals surface area (Å²) in [6.07, 6.45) is 5.51. The average molecular weight is 1750 g/mol. The summed E-state index contributed by atoms with van der Waals surface area (Å²) in [5.41, 5.74) is -3.05. The molecule has 0 aromatic heterocycles. The van der Waals surface area contributed by atoms with Gasteiger partial charge < -0.3 is 18.9 Å². The van der Waals surface area contributed by atoms with Gasteiger partial charge in [-0.15, -0.1) is 0 Å². The fraction of sp³-hybridized carbons (Fsp3) is 0.488. The van der Waals surface area contributed by atoms with Crippen molar-refractivity contribution in [2.24, 2.45) is 44.8 Å². The number of benzene rings is 6. The minimum Gasteiger partial charge on any atom is -0.459 e. The molecule has 0 spiro atoms. The zero-order valence-electron chi connectivity index (χ0n) is 70.3. The Balaban J connectivity index is 0.000000248. The van der Waals surface area contributed by atoms with Gasteiger partial charge in [-0.05, 0) is 242 Å². The van der Waals surface area contributed by atoms with E-state index in [2.05, 4.69) is 4.18 Å². The molecule has 6 unspecified atom stereocenters. The number of rotatable bonds is 30. The highest BCUT2D eigenvalue weighted by Crippen LogP contribution is 2.64. The van der Waals surface area contributed by atoms with E-state index < -0.39 is 193 Å². The number of halogens is 5. The minimum atomic E-state index is -5.63. The Bertz CT molecular complexity index is 5160. The first-order valence-corrected chi connectivity index (χ1v) is 43.6. The second-order valence-corrected chi connectivity index (χ2v) is 39.7. The third kappa shape index (κ3) is 24.3. The fourth-order valence-corrected chi connectivity index (χ4v) is 17.4. The smallest absolute Gasteiger partial charge is 0.322 e. The van der Waals surface area contributed by atoms with Crippen LogP contribution in [-0.4, -0.2) is 118 Å². The molecular weight excluding hydrogens is 1640 g/mol. The molecule has 4 bridgehead atoms. The molecule has 4 aliphatic rings. The van der Waals surface area contributed by atoms with Gasteiger partial charge in [-0.2, -0.15) is 33.7 Å². The van der Waals surface area contributed by atoms with E-state index in [9.17, 15) is 94.0 Å². The van der Waals surface area contributed by atoms with Crippen molar-refractivity contribution in [1.82, 2.24) is 0 Å². The SMILES string of the molecule is CC(=O)C(C)(COS(=O)(=O)c1c(F)c(F)c(F)c(F)c1F)C(=O)OC(C)c1ccc(C)cc1.CC(=O)C(C)(COS(=O)(=O)c1ccc(C)cc1)C(=O)OC(C)(C)C.CC(=O)C(C)(COS(=O)(=O)c1ccc(C)cc1)C(=O)OC(C)(C)C12CC3CC(CC(C3)C1)C2.CC(=O)C(C)(COS(=O)(=O)c1ccc(C)cc1)C(=O)OC(C)c1ccc(C)cc1. The van der Waals surface area contributed by atoms with E-state index in [1.54, 1.807) is 88.4 Å². The van der Waals surface area contributed by atoms with Crippen molar-refractivity contribution in [1.29, 1.82) is 0 Å². The summed E-state index contributed by atoms with van der Waals surface area (Å²) in [6, 6.07) is 32.6. The molecule has 0 radical (unpaired) electrons. The van der Waals surface area contributed by atoms with Gasteiger partial charge in [0.2, 0.25) is 5.82 Å². The van der Waals surface area contributed by atoms with Crippen LogP contribution in [0.2, 0.25) is 0 Å². The molecule has 6 aromatic rings. The van der Waals surface area contributed by atoms with E-state index in [4.69, 9.17) is 31.5 Å². The number of ketones is 4. The number of carbonyl (C=O) groups is 8. The van der Waals surface area contributed by atoms with E-state index >= 15 is 0 Å². The van der Waals surface area contributed by atoms with Crippen LogP contribution in [0, 0.1) is 109 Å². The molecule has 652 valence electrons. The van der Waals surface area contributed by atoms with Crippen molar-refractivity contribution in [3.8, 4) is 0 Å². The summed E-state index contributed by atoms with van der Waals surface area (Å²) in [5, 5.41) is 0. The van der Waals surface area contributed by atoms with Gasteiger partial charge in [-0.1, -0.05) is 113 Å².